The van der Waals surface area contributed by atoms with Crippen molar-refractivity contribution in [2.45, 2.75) is 26.3 Å². The zero-order chi connectivity index (χ0) is 20.1. The molecule has 7 nitrogen and oxygen atoms in total. The van der Waals surface area contributed by atoms with E-state index in [2.05, 4.69) is 20.1 Å². The van der Waals surface area contributed by atoms with Crippen LogP contribution in [-0.4, -0.2) is 57.1 Å². The lowest BCUT2D eigenvalue weighted by molar-refractivity contribution is -0.133. The van der Waals surface area contributed by atoms with Crippen LogP contribution in [0.2, 0.25) is 0 Å². The highest BCUT2D eigenvalue weighted by atomic mass is 16.4. The molecule has 0 atom stereocenters. The summed E-state index contributed by atoms with van der Waals surface area (Å²) in [7, 11) is 0. The number of carbonyl (C=O) groups excluding carboxylic acids is 1. The van der Waals surface area contributed by atoms with Gasteiger partial charge >= 0.3 is 0 Å². The number of benzene rings is 1. The Morgan fingerprint density at radius 1 is 1.03 bits per heavy atom. The molecular weight excluding hydrogens is 366 g/mol. The highest BCUT2D eigenvalue weighted by molar-refractivity contribution is 5.76. The maximum Gasteiger partial charge on any atom is 0.247 e. The summed E-state index contributed by atoms with van der Waals surface area (Å²) in [6, 6.07) is 13.9. The van der Waals surface area contributed by atoms with Crippen LogP contribution in [0, 0.1) is 6.92 Å². The molecule has 3 heterocycles. The summed E-state index contributed by atoms with van der Waals surface area (Å²) in [6.07, 6.45) is 2.67. The molecule has 1 saturated heterocycles. The Labute approximate surface area is 170 Å². The minimum Gasteiger partial charge on any atom is -0.421 e. The molecule has 29 heavy (non-hydrogen) atoms. The highest BCUT2D eigenvalue weighted by Crippen LogP contribution is 2.19. The van der Waals surface area contributed by atoms with Crippen LogP contribution in [0.5, 0.6) is 0 Å². The lowest BCUT2D eigenvalue weighted by atomic mass is 10.1. The summed E-state index contributed by atoms with van der Waals surface area (Å²) < 4.78 is 5.72. The highest BCUT2D eigenvalue weighted by Gasteiger charge is 2.21. The van der Waals surface area contributed by atoms with Gasteiger partial charge in [0.15, 0.2) is 0 Å². The van der Waals surface area contributed by atoms with Crippen LogP contribution < -0.4 is 0 Å². The molecule has 0 aliphatic carbocycles. The third-order valence-corrected chi connectivity index (χ3v) is 5.15. The SMILES string of the molecule is Cc1ccc(-c2nnc(CCC(=O)N3CCN(Cc4ccccn4)CC3)o2)cc1. The molecule has 0 radical (unpaired) electrons. The van der Waals surface area contributed by atoms with E-state index in [1.807, 2.05) is 60.5 Å². The molecule has 1 aliphatic heterocycles. The molecule has 0 unspecified atom stereocenters. The van der Waals surface area contributed by atoms with Gasteiger partial charge in [0.25, 0.3) is 0 Å². The molecule has 0 N–H and O–H groups in total. The van der Waals surface area contributed by atoms with E-state index in [1.165, 1.54) is 5.56 Å². The number of rotatable bonds is 6. The first kappa shape index (κ1) is 19.3. The normalized spacial score (nSPS) is 14.9. The predicted octanol–water partition coefficient (Wildman–Crippen LogP) is 2.72. The molecule has 150 valence electrons. The van der Waals surface area contributed by atoms with E-state index in [0.29, 0.717) is 24.6 Å². The smallest absolute Gasteiger partial charge is 0.247 e. The van der Waals surface area contributed by atoms with Gasteiger partial charge in [-0.3, -0.25) is 14.7 Å². The van der Waals surface area contributed by atoms with E-state index >= 15 is 0 Å². The van der Waals surface area contributed by atoms with Crippen LogP contribution in [0.15, 0.2) is 53.1 Å². The first-order valence-corrected chi connectivity index (χ1v) is 9.97. The van der Waals surface area contributed by atoms with Crippen LogP contribution in [0.1, 0.15) is 23.6 Å². The second-order valence-corrected chi connectivity index (χ2v) is 7.34. The first-order valence-electron chi connectivity index (χ1n) is 9.97. The number of amides is 1. The number of pyridine rings is 1. The van der Waals surface area contributed by atoms with Gasteiger partial charge in [0.2, 0.25) is 17.7 Å². The summed E-state index contributed by atoms with van der Waals surface area (Å²) >= 11 is 0. The Hall–Kier alpha value is -3.06. The van der Waals surface area contributed by atoms with Crippen LogP contribution in [-0.2, 0) is 17.8 Å². The molecule has 7 heteroatoms. The summed E-state index contributed by atoms with van der Waals surface area (Å²) in [6.45, 7) is 6.06. The quantitative estimate of drug-likeness (QED) is 0.643. The van der Waals surface area contributed by atoms with Crippen molar-refractivity contribution in [3.63, 3.8) is 0 Å². The molecule has 0 bridgehead atoms. The van der Waals surface area contributed by atoms with Crippen molar-refractivity contribution >= 4 is 5.91 Å². The van der Waals surface area contributed by atoms with E-state index in [1.54, 1.807) is 0 Å². The summed E-state index contributed by atoms with van der Waals surface area (Å²) in [4.78, 5) is 21.2. The number of aromatic nitrogens is 3. The Morgan fingerprint density at radius 3 is 2.55 bits per heavy atom. The van der Waals surface area contributed by atoms with Crippen molar-refractivity contribution in [1.29, 1.82) is 0 Å². The van der Waals surface area contributed by atoms with E-state index in [-0.39, 0.29) is 5.91 Å². The van der Waals surface area contributed by atoms with E-state index in [4.69, 9.17) is 4.42 Å². The Morgan fingerprint density at radius 2 is 1.83 bits per heavy atom. The van der Waals surface area contributed by atoms with Crippen molar-refractivity contribution in [3.05, 3.63) is 65.8 Å². The average molecular weight is 391 g/mol. The second kappa shape index (κ2) is 8.96. The van der Waals surface area contributed by atoms with Crippen LogP contribution >= 0.6 is 0 Å². The third-order valence-electron chi connectivity index (χ3n) is 5.15. The first-order chi connectivity index (χ1) is 14.2. The molecule has 1 aromatic carbocycles. The second-order valence-electron chi connectivity index (χ2n) is 7.34. The molecule has 2 aromatic heterocycles. The molecule has 3 aromatic rings. The number of nitrogens with zero attached hydrogens (tertiary/aromatic N) is 5. The van der Waals surface area contributed by atoms with Crippen molar-refractivity contribution in [3.8, 4) is 11.5 Å². The summed E-state index contributed by atoms with van der Waals surface area (Å²) in [5.74, 6) is 1.14. The largest absolute Gasteiger partial charge is 0.421 e. The summed E-state index contributed by atoms with van der Waals surface area (Å²) in [5.41, 5.74) is 3.14. The van der Waals surface area contributed by atoms with Gasteiger partial charge in [0.05, 0.1) is 5.69 Å². The van der Waals surface area contributed by atoms with Crippen molar-refractivity contribution < 1.29 is 9.21 Å². The maximum absolute atomic E-state index is 12.6. The molecule has 1 fully saturated rings. The number of piperazine rings is 1. The number of aryl methyl sites for hydroxylation is 2. The lowest BCUT2D eigenvalue weighted by Gasteiger charge is -2.34. The lowest BCUT2D eigenvalue weighted by Crippen LogP contribution is -2.48. The van der Waals surface area contributed by atoms with E-state index < -0.39 is 0 Å². The van der Waals surface area contributed by atoms with Gasteiger partial charge in [0, 0.05) is 57.3 Å². The van der Waals surface area contributed by atoms with Gasteiger partial charge in [-0.25, -0.2) is 0 Å². The zero-order valence-corrected chi connectivity index (χ0v) is 16.6. The van der Waals surface area contributed by atoms with Gasteiger partial charge in [-0.05, 0) is 31.2 Å². The van der Waals surface area contributed by atoms with Crippen molar-refractivity contribution in [2.75, 3.05) is 26.2 Å². The third kappa shape index (κ3) is 5.06. The van der Waals surface area contributed by atoms with Crippen molar-refractivity contribution in [2.24, 2.45) is 0 Å². The molecule has 4 rings (SSSR count). The fourth-order valence-electron chi connectivity index (χ4n) is 3.42. The molecule has 0 spiro atoms. The average Bonchev–Trinajstić information content (AvgIpc) is 3.23. The Balaban J connectivity index is 1.24. The number of hydrogen-bond acceptors (Lipinski definition) is 6. The minimum absolute atomic E-state index is 0.137. The van der Waals surface area contributed by atoms with E-state index in [0.717, 1.165) is 44.0 Å². The van der Waals surface area contributed by atoms with Crippen LogP contribution in [0.4, 0.5) is 0 Å². The van der Waals surface area contributed by atoms with Gasteiger partial charge < -0.3 is 9.32 Å². The van der Waals surface area contributed by atoms with Crippen LogP contribution in [0.25, 0.3) is 11.5 Å². The van der Waals surface area contributed by atoms with Gasteiger partial charge in [0.1, 0.15) is 0 Å². The van der Waals surface area contributed by atoms with E-state index in [9.17, 15) is 4.79 Å². The minimum atomic E-state index is 0.137. The molecule has 1 amide bonds. The monoisotopic (exact) mass is 391 g/mol. The fraction of sp³-hybridized carbons (Fsp3) is 0.364. The standard InChI is InChI=1S/C22H25N5O2/c1-17-5-7-18(8-6-17)22-25-24-20(29-22)9-10-21(28)27-14-12-26(13-15-27)16-19-4-2-3-11-23-19/h2-8,11H,9-10,12-16H2,1H3. The Bertz CT molecular complexity index is 931. The molecular formula is C22H25N5O2. The Kier molecular flexibility index (Phi) is 5.95. The summed E-state index contributed by atoms with van der Waals surface area (Å²) in [5, 5.41) is 8.19. The number of hydrogen-bond donors (Lipinski definition) is 0. The van der Waals surface area contributed by atoms with Crippen molar-refractivity contribution in [1.82, 2.24) is 25.0 Å². The van der Waals surface area contributed by atoms with Gasteiger partial charge in [-0.15, -0.1) is 10.2 Å². The topological polar surface area (TPSA) is 75.4 Å². The predicted molar refractivity (Wildman–Crippen MR) is 109 cm³/mol. The molecule has 1 aliphatic rings. The fourth-order valence-corrected chi connectivity index (χ4v) is 3.42. The number of carbonyl (C=O) groups is 1. The van der Waals surface area contributed by atoms with Crippen LogP contribution in [0.3, 0.4) is 0 Å². The molecule has 0 saturated carbocycles. The van der Waals surface area contributed by atoms with Gasteiger partial charge in [-0.2, -0.15) is 0 Å². The maximum atomic E-state index is 12.6. The zero-order valence-electron chi connectivity index (χ0n) is 16.6. The van der Waals surface area contributed by atoms with Gasteiger partial charge in [-0.1, -0.05) is 23.8 Å².